The van der Waals surface area contributed by atoms with Gasteiger partial charge in [0.1, 0.15) is 0 Å². The summed E-state index contributed by atoms with van der Waals surface area (Å²) in [6.45, 7) is 13.3. The molecule has 0 aromatic carbocycles. The summed E-state index contributed by atoms with van der Waals surface area (Å²) in [5, 5.41) is 0. The molecule has 0 radical (unpaired) electrons. The molecule has 0 unspecified atom stereocenters. The van der Waals surface area contributed by atoms with Crippen LogP contribution in [0.15, 0.2) is 6.07 Å². The first-order valence-corrected chi connectivity index (χ1v) is 6.47. The summed E-state index contributed by atoms with van der Waals surface area (Å²) in [5.74, 6) is 2.17. The van der Waals surface area contributed by atoms with Crippen molar-refractivity contribution in [3.05, 3.63) is 22.9 Å². The van der Waals surface area contributed by atoms with Crippen LogP contribution >= 0.6 is 0 Å². The third-order valence-electron chi connectivity index (χ3n) is 3.05. The van der Waals surface area contributed by atoms with Gasteiger partial charge in [-0.2, -0.15) is 0 Å². The molecule has 0 fully saturated rings. The van der Waals surface area contributed by atoms with Crippen LogP contribution in [0.25, 0.3) is 0 Å². The molecule has 0 saturated heterocycles. The highest BCUT2D eigenvalue weighted by Crippen LogP contribution is 2.34. The standard InChI is InChI=1S/C15H25NO/c1-9(2)12-8-13(17-7)16-15(11(5)6)14(12)10(3)4/h8-11H,1-7H3. The lowest BCUT2D eigenvalue weighted by molar-refractivity contribution is 0.393. The molecule has 17 heavy (non-hydrogen) atoms. The van der Waals surface area contributed by atoms with Crippen LogP contribution in [0, 0.1) is 0 Å². The van der Waals surface area contributed by atoms with Gasteiger partial charge in [-0.15, -0.1) is 0 Å². The van der Waals surface area contributed by atoms with Crippen molar-refractivity contribution in [1.82, 2.24) is 4.98 Å². The van der Waals surface area contributed by atoms with E-state index in [0.29, 0.717) is 17.8 Å². The second-order valence-electron chi connectivity index (χ2n) is 5.52. The molecule has 0 saturated carbocycles. The summed E-state index contributed by atoms with van der Waals surface area (Å²) in [6.07, 6.45) is 0. The first-order valence-electron chi connectivity index (χ1n) is 6.47. The maximum absolute atomic E-state index is 5.32. The second kappa shape index (κ2) is 5.52. The third kappa shape index (κ3) is 2.99. The maximum Gasteiger partial charge on any atom is 0.213 e. The van der Waals surface area contributed by atoms with Crippen molar-refractivity contribution in [2.45, 2.75) is 59.3 Å². The summed E-state index contributed by atoms with van der Waals surface area (Å²) in [7, 11) is 1.69. The molecule has 0 amide bonds. The van der Waals surface area contributed by atoms with Crippen molar-refractivity contribution in [2.75, 3.05) is 7.11 Å². The minimum Gasteiger partial charge on any atom is -0.481 e. The average Bonchev–Trinajstić information content (AvgIpc) is 2.26. The van der Waals surface area contributed by atoms with Gasteiger partial charge in [-0.3, -0.25) is 0 Å². The summed E-state index contributed by atoms with van der Waals surface area (Å²) >= 11 is 0. The number of nitrogens with zero attached hydrogens (tertiary/aromatic N) is 1. The first-order chi connectivity index (χ1) is 7.88. The molecular weight excluding hydrogens is 210 g/mol. The van der Waals surface area contributed by atoms with Gasteiger partial charge in [-0.25, -0.2) is 4.98 Å². The van der Waals surface area contributed by atoms with E-state index < -0.39 is 0 Å². The third-order valence-corrected chi connectivity index (χ3v) is 3.05. The Morgan fingerprint density at radius 2 is 1.53 bits per heavy atom. The van der Waals surface area contributed by atoms with Crippen LogP contribution in [0.2, 0.25) is 0 Å². The molecule has 1 aromatic heterocycles. The fraction of sp³-hybridized carbons (Fsp3) is 0.667. The fourth-order valence-electron chi connectivity index (χ4n) is 2.22. The first kappa shape index (κ1) is 14.0. The van der Waals surface area contributed by atoms with E-state index >= 15 is 0 Å². The Bertz CT molecular complexity index is 352. The smallest absolute Gasteiger partial charge is 0.213 e. The molecule has 2 nitrogen and oxygen atoms in total. The van der Waals surface area contributed by atoms with Crippen LogP contribution in [0.3, 0.4) is 0 Å². The van der Waals surface area contributed by atoms with E-state index in [2.05, 4.69) is 52.6 Å². The summed E-state index contributed by atoms with van der Waals surface area (Å²) in [5.41, 5.74) is 3.95. The van der Waals surface area contributed by atoms with Gasteiger partial charge in [0.05, 0.1) is 12.8 Å². The normalized spacial score (nSPS) is 11.6. The van der Waals surface area contributed by atoms with Gasteiger partial charge in [0, 0.05) is 6.07 Å². The van der Waals surface area contributed by atoms with Crippen LogP contribution < -0.4 is 4.74 Å². The number of pyridine rings is 1. The maximum atomic E-state index is 5.32. The largest absolute Gasteiger partial charge is 0.481 e. The lowest BCUT2D eigenvalue weighted by Crippen LogP contribution is -2.09. The molecule has 0 atom stereocenters. The number of hydrogen-bond acceptors (Lipinski definition) is 2. The Hall–Kier alpha value is -1.05. The van der Waals surface area contributed by atoms with Crippen molar-refractivity contribution in [2.24, 2.45) is 0 Å². The minimum absolute atomic E-state index is 0.431. The van der Waals surface area contributed by atoms with E-state index in [1.54, 1.807) is 7.11 Å². The summed E-state index contributed by atoms with van der Waals surface area (Å²) in [6, 6.07) is 2.09. The molecule has 0 spiro atoms. The molecule has 0 aliphatic rings. The number of methoxy groups -OCH3 is 1. The number of ether oxygens (including phenoxy) is 1. The molecule has 2 heteroatoms. The van der Waals surface area contributed by atoms with Crippen LogP contribution in [-0.2, 0) is 0 Å². The van der Waals surface area contributed by atoms with Gasteiger partial charge < -0.3 is 4.74 Å². The molecule has 0 bridgehead atoms. The van der Waals surface area contributed by atoms with Crippen molar-refractivity contribution in [3.63, 3.8) is 0 Å². The van der Waals surface area contributed by atoms with Crippen LogP contribution in [-0.4, -0.2) is 12.1 Å². The van der Waals surface area contributed by atoms with E-state index in [0.717, 1.165) is 5.88 Å². The van der Waals surface area contributed by atoms with Gasteiger partial charge >= 0.3 is 0 Å². The van der Waals surface area contributed by atoms with Crippen molar-refractivity contribution >= 4 is 0 Å². The van der Waals surface area contributed by atoms with Gasteiger partial charge in [0.25, 0.3) is 0 Å². The molecular formula is C15H25NO. The Morgan fingerprint density at radius 3 is 1.88 bits per heavy atom. The van der Waals surface area contributed by atoms with Crippen LogP contribution in [0.1, 0.15) is 76.1 Å². The molecule has 0 aliphatic carbocycles. The number of aromatic nitrogens is 1. The molecule has 0 aliphatic heterocycles. The molecule has 0 N–H and O–H groups in total. The lowest BCUT2D eigenvalue weighted by Gasteiger charge is -2.22. The minimum atomic E-state index is 0.431. The topological polar surface area (TPSA) is 22.1 Å². The molecule has 1 rings (SSSR count). The van der Waals surface area contributed by atoms with E-state index in [-0.39, 0.29) is 0 Å². The lowest BCUT2D eigenvalue weighted by atomic mass is 9.86. The highest BCUT2D eigenvalue weighted by Gasteiger charge is 2.19. The Kier molecular flexibility index (Phi) is 4.55. The van der Waals surface area contributed by atoms with E-state index in [1.165, 1.54) is 16.8 Å². The zero-order valence-corrected chi connectivity index (χ0v) is 12.2. The fourth-order valence-corrected chi connectivity index (χ4v) is 2.22. The predicted octanol–water partition coefficient (Wildman–Crippen LogP) is 4.46. The highest BCUT2D eigenvalue weighted by molar-refractivity contribution is 5.40. The summed E-state index contributed by atoms with van der Waals surface area (Å²) < 4.78 is 5.32. The average molecular weight is 235 g/mol. The zero-order valence-electron chi connectivity index (χ0n) is 12.2. The monoisotopic (exact) mass is 235 g/mol. The van der Waals surface area contributed by atoms with Crippen molar-refractivity contribution in [3.8, 4) is 5.88 Å². The predicted molar refractivity (Wildman–Crippen MR) is 73.1 cm³/mol. The number of rotatable bonds is 4. The SMILES string of the molecule is COc1cc(C(C)C)c(C(C)C)c(C(C)C)n1. The second-order valence-corrected chi connectivity index (χ2v) is 5.52. The van der Waals surface area contributed by atoms with Crippen molar-refractivity contribution in [1.29, 1.82) is 0 Å². The molecule has 1 aromatic rings. The van der Waals surface area contributed by atoms with Crippen LogP contribution in [0.4, 0.5) is 0 Å². The Morgan fingerprint density at radius 1 is 0.941 bits per heavy atom. The van der Waals surface area contributed by atoms with Crippen LogP contribution in [0.5, 0.6) is 5.88 Å². The van der Waals surface area contributed by atoms with Gasteiger partial charge in [0.2, 0.25) is 5.88 Å². The van der Waals surface area contributed by atoms with E-state index in [4.69, 9.17) is 4.74 Å². The Labute approximate surface area is 105 Å². The highest BCUT2D eigenvalue weighted by atomic mass is 16.5. The van der Waals surface area contributed by atoms with Crippen molar-refractivity contribution < 1.29 is 4.74 Å². The van der Waals surface area contributed by atoms with E-state index in [1.807, 2.05) is 0 Å². The van der Waals surface area contributed by atoms with Gasteiger partial charge in [0.15, 0.2) is 0 Å². The molecule has 1 heterocycles. The van der Waals surface area contributed by atoms with Gasteiger partial charge in [-0.1, -0.05) is 41.5 Å². The molecule has 96 valence electrons. The Balaban J connectivity index is 3.49. The zero-order chi connectivity index (χ0) is 13.2. The summed E-state index contributed by atoms with van der Waals surface area (Å²) in [4.78, 5) is 4.63. The quantitative estimate of drug-likeness (QED) is 0.768. The van der Waals surface area contributed by atoms with E-state index in [9.17, 15) is 0 Å². The number of hydrogen-bond donors (Lipinski definition) is 0. The van der Waals surface area contributed by atoms with Gasteiger partial charge in [-0.05, 0) is 28.9 Å².